The molecule has 132 valence electrons. The number of carbonyl (C=O) groups is 1. The molecule has 4 rings (SSSR count). The quantitative estimate of drug-likeness (QED) is 0.740. The zero-order valence-electron chi connectivity index (χ0n) is 14.7. The van der Waals surface area contributed by atoms with Gasteiger partial charge in [-0.3, -0.25) is 4.79 Å². The van der Waals surface area contributed by atoms with Crippen LogP contribution in [0.5, 0.6) is 0 Å². The van der Waals surface area contributed by atoms with Gasteiger partial charge in [-0.1, -0.05) is 42.0 Å². The van der Waals surface area contributed by atoms with E-state index in [0.29, 0.717) is 37.7 Å². The Labute approximate surface area is 152 Å². The first-order valence-electron chi connectivity index (χ1n) is 8.81. The Morgan fingerprint density at radius 3 is 2.58 bits per heavy atom. The van der Waals surface area contributed by atoms with E-state index >= 15 is 0 Å². The van der Waals surface area contributed by atoms with Gasteiger partial charge < -0.3 is 14.6 Å². The first-order valence-corrected chi connectivity index (χ1v) is 8.81. The summed E-state index contributed by atoms with van der Waals surface area (Å²) in [6.45, 7) is 4.40. The van der Waals surface area contributed by atoms with Gasteiger partial charge in [-0.05, 0) is 30.7 Å². The molecule has 0 spiro atoms. The van der Waals surface area contributed by atoms with E-state index in [1.54, 1.807) is 0 Å². The number of carbonyl (C=O) groups excluding carboxylic acids is 1. The first-order chi connectivity index (χ1) is 12.7. The van der Waals surface area contributed by atoms with Crippen molar-refractivity contribution in [2.24, 2.45) is 0 Å². The van der Waals surface area contributed by atoms with E-state index < -0.39 is 0 Å². The second-order valence-electron chi connectivity index (χ2n) is 6.48. The molecule has 1 saturated heterocycles. The van der Waals surface area contributed by atoms with Crippen molar-refractivity contribution in [3.8, 4) is 0 Å². The lowest BCUT2D eigenvalue weighted by Gasteiger charge is -2.27. The number of aryl methyl sites for hydroxylation is 1. The van der Waals surface area contributed by atoms with Gasteiger partial charge in [0.05, 0.1) is 29.8 Å². The Morgan fingerprint density at radius 2 is 1.85 bits per heavy atom. The van der Waals surface area contributed by atoms with Gasteiger partial charge >= 0.3 is 0 Å². The van der Waals surface area contributed by atoms with Crippen LogP contribution in [0.3, 0.4) is 0 Å². The minimum absolute atomic E-state index is 0.0204. The Balaban J connectivity index is 1.77. The molecule has 2 heterocycles. The van der Waals surface area contributed by atoms with Crippen molar-refractivity contribution >= 4 is 28.6 Å². The van der Waals surface area contributed by atoms with Crippen LogP contribution in [0.1, 0.15) is 17.0 Å². The Hall–Kier alpha value is -2.92. The molecule has 1 N–H and O–H groups in total. The molecule has 0 saturated carbocycles. The topological polar surface area (TPSA) is 58.2 Å². The van der Waals surface area contributed by atoms with Gasteiger partial charge in [0.2, 0.25) is 0 Å². The number of hydrogen-bond acceptors (Lipinski definition) is 3. The first kappa shape index (κ1) is 16.5. The van der Waals surface area contributed by atoms with E-state index in [2.05, 4.69) is 9.97 Å². The zero-order valence-corrected chi connectivity index (χ0v) is 14.7. The summed E-state index contributed by atoms with van der Waals surface area (Å²) in [6.07, 6.45) is 1.91. The van der Waals surface area contributed by atoms with Crippen LogP contribution in [0.15, 0.2) is 48.5 Å². The Kier molecular flexibility index (Phi) is 4.54. The van der Waals surface area contributed by atoms with E-state index in [1.165, 1.54) is 5.56 Å². The molecule has 5 nitrogen and oxygen atoms in total. The van der Waals surface area contributed by atoms with Gasteiger partial charge in [-0.25, -0.2) is 4.98 Å². The van der Waals surface area contributed by atoms with Gasteiger partial charge in [0, 0.05) is 13.1 Å². The number of hydrogen-bond donors (Lipinski definition) is 1. The van der Waals surface area contributed by atoms with Crippen LogP contribution in [0.2, 0.25) is 0 Å². The van der Waals surface area contributed by atoms with Crippen molar-refractivity contribution in [3.05, 3.63) is 65.5 Å². The van der Waals surface area contributed by atoms with Crippen LogP contribution in [-0.4, -0.2) is 47.1 Å². The SMILES string of the molecule is Cc1ccc(C=C(C(=O)N2CCOCC2)c2nc3ccccc3[nH]2)cc1. The Morgan fingerprint density at radius 1 is 1.12 bits per heavy atom. The maximum Gasteiger partial charge on any atom is 0.257 e. The van der Waals surface area contributed by atoms with E-state index in [1.807, 2.05) is 66.4 Å². The molecule has 1 fully saturated rings. The van der Waals surface area contributed by atoms with Gasteiger partial charge in [0.25, 0.3) is 5.91 Å². The average molecular weight is 347 g/mol. The molecule has 1 amide bonds. The number of fused-ring (bicyclic) bond motifs is 1. The monoisotopic (exact) mass is 347 g/mol. The fourth-order valence-electron chi connectivity index (χ4n) is 3.08. The highest BCUT2D eigenvalue weighted by Gasteiger charge is 2.24. The number of imidazole rings is 1. The number of benzene rings is 2. The molecule has 2 aromatic carbocycles. The second-order valence-corrected chi connectivity index (χ2v) is 6.48. The summed E-state index contributed by atoms with van der Waals surface area (Å²) in [6, 6.07) is 15.9. The van der Waals surface area contributed by atoms with E-state index in [-0.39, 0.29) is 5.91 Å². The van der Waals surface area contributed by atoms with Crippen molar-refractivity contribution in [1.82, 2.24) is 14.9 Å². The molecule has 0 bridgehead atoms. The third kappa shape index (κ3) is 3.39. The molecule has 3 aromatic rings. The van der Waals surface area contributed by atoms with Crippen LogP contribution in [-0.2, 0) is 9.53 Å². The molecule has 26 heavy (non-hydrogen) atoms. The van der Waals surface area contributed by atoms with E-state index in [4.69, 9.17) is 4.74 Å². The van der Waals surface area contributed by atoms with Crippen molar-refractivity contribution in [3.63, 3.8) is 0 Å². The summed E-state index contributed by atoms with van der Waals surface area (Å²) in [4.78, 5) is 22.9. The summed E-state index contributed by atoms with van der Waals surface area (Å²) in [7, 11) is 0. The zero-order chi connectivity index (χ0) is 17.9. The van der Waals surface area contributed by atoms with Crippen molar-refractivity contribution in [1.29, 1.82) is 0 Å². The van der Waals surface area contributed by atoms with Gasteiger partial charge in [-0.15, -0.1) is 0 Å². The molecule has 1 aliphatic heterocycles. The van der Waals surface area contributed by atoms with Crippen molar-refractivity contribution in [2.75, 3.05) is 26.3 Å². The predicted molar refractivity (Wildman–Crippen MR) is 103 cm³/mol. The summed E-state index contributed by atoms with van der Waals surface area (Å²) in [5.74, 6) is 0.580. The summed E-state index contributed by atoms with van der Waals surface area (Å²) in [5.41, 5.74) is 4.52. The number of rotatable bonds is 3. The molecular formula is C21H21N3O2. The molecule has 0 aliphatic carbocycles. The lowest BCUT2D eigenvalue weighted by Crippen LogP contribution is -2.41. The number of nitrogens with zero attached hydrogens (tertiary/aromatic N) is 2. The second kappa shape index (κ2) is 7.14. The van der Waals surface area contributed by atoms with Crippen LogP contribution in [0.4, 0.5) is 0 Å². The third-order valence-corrected chi connectivity index (χ3v) is 4.56. The average Bonchev–Trinajstić information content (AvgIpc) is 3.11. The maximum atomic E-state index is 13.2. The molecule has 5 heteroatoms. The van der Waals surface area contributed by atoms with Gasteiger partial charge in [0.15, 0.2) is 0 Å². The lowest BCUT2D eigenvalue weighted by atomic mass is 10.1. The number of aromatic amines is 1. The lowest BCUT2D eigenvalue weighted by molar-refractivity contribution is -0.128. The fraction of sp³-hybridized carbons (Fsp3) is 0.238. The number of H-pyrrole nitrogens is 1. The molecule has 0 radical (unpaired) electrons. The van der Waals surface area contributed by atoms with Crippen molar-refractivity contribution < 1.29 is 9.53 Å². The fourth-order valence-corrected chi connectivity index (χ4v) is 3.08. The molecule has 1 aromatic heterocycles. The van der Waals surface area contributed by atoms with E-state index in [0.717, 1.165) is 16.6 Å². The van der Waals surface area contributed by atoms with Crippen LogP contribution in [0, 0.1) is 6.92 Å². The molecule has 0 atom stereocenters. The highest BCUT2D eigenvalue weighted by Crippen LogP contribution is 2.22. The largest absolute Gasteiger partial charge is 0.378 e. The van der Waals surface area contributed by atoms with Crippen LogP contribution < -0.4 is 0 Å². The highest BCUT2D eigenvalue weighted by molar-refractivity contribution is 6.23. The maximum absolute atomic E-state index is 13.2. The predicted octanol–water partition coefficient (Wildman–Crippen LogP) is 3.27. The minimum atomic E-state index is -0.0204. The van der Waals surface area contributed by atoms with Crippen molar-refractivity contribution in [2.45, 2.75) is 6.92 Å². The summed E-state index contributed by atoms with van der Waals surface area (Å²) >= 11 is 0. The molecular weight excluding hydrogens is 326 g/mol. The normalized spacial score (nSPS) is 15.4. The number of amides is 1. The minimum Gasteiger partial charge on any atom is -0.378 e. The summed E-state index contributed by atoms with van der Waals surface area (Å²) < 4.78 is 5.38. The number of para-hydroxylation sites is 2. The number of morpholine rings is 1. The van der Waals surface area contributed by atoms with Gasteiger partial charge in [0.1, 0.15) is 5.82 Å². The molecule has 1 aliphatic rings. The Bertz CT molecular complexity index is 918. The highest BCUT2D eigenvalue weighted by atomic mass is 16.5. The number of nitrogens with one attached hydrogen (secondary N) is 1. The summed E-state index contributed by atoms with van der Waals surface area (Å²) in [5, 5.41) is 0. The van der Waals surface area contributed by atoms with Crippen LogP contribution >= 0.6 is 0 Å². The number of ether oxygens (including phenoxy) is 1. The number of aromatic nitrogens is 2. The third-order valence-electron chi connectivity index (χ3n) is 4.56. The van der Waals surface area contributed by atoms with E-state index in [9.17, 15) is 4.79 Å². The smallest absolute Gasteiger partial charge is 0.257 e. The van der Waals surface area contributed by atoms with Gasteiger partial charge in [-0.2, -0.15) is 0 Å². The van der Waals surface area contributed by atoms with Crippen LogP contribution in [0.25, 0.3) is 22.7 Å². The standard InChI is InChI=1S/C21H21N3O2/c1-15-6-8-16(9-7-15)14-17(21(25)24-10-12-26-13-11-24)20-22-18-4-2-3-5-19(18)23-20/h2-9,14H,10-13H2,1H3,(H,22,23). The molecule has 0 unspecified atom stereocenters.